The highest BCUT2D eigenvalue weighted by molar-refractivity contribution is 7.82. The van der Waals surface area contributed by atoms with Crippen LogP contribution in [0.3, 0.4) is 0 Å². The normalized spacial score (nSPS) is 18.6. The van der Waals surface area contributed by atoms with E-state index < -0.39 is 0 Å². The van der Waals surface area contributed by atoms with Crippen molar-refractivity contribution in [3.63, 3.8) is 0 Å². The molecule has 1 unspecified atom stereocenters. The van der Waals surface area contributed by atoms with Crippen molar-refractivity contribution in [1.29, 1.82) is 0 Å². The monoisotopic (exact) mass is 231 g/mol. The standard InChI is InChI=1S/C14H17NS/c1-2-3-4-8-12-11-7-5-6-9-13(11)15-10-14(12)16/h5-7,9-10,12H,2-4,8H2,1H3. The van der Waals surface area contributed by atoms with Gasteiger partial charge in [0.2, 0.25) is 0 Å². The van der Waals surface area contributed by atoms with Crippen LogP contribution in [-0.2, 0) is 0 Å². The fourth-order valence-electron chi connectivity index (χ4n) is 2.17. The van der Waals surface area contributed by atoms with Gasteiger partial charge in [0, 0.05) is 17.0 Å². The number of aliphatic imine (C=N–C) groups is 1. The van der Waals surface area contributed by atoms with Crippen LogP contribution in [-0.4, -0.2) is 11.1 Å². The summed E-state index contributed by atoms with van der Waals surface area (Å²) in [7, 11) is 0. The smallest absolute Gasteiger partial charge is 0.0668 e. The number of benzene rings is 1. The first kappa shape index (κ1) is 11.5. The Hall–Kier alpha value is -1.02. The Morgan fingerprint density at radius 2 is 2.06 bits per heavy atom. The molecule has 0 fully saturated rings. The minimum Gasteiger partial charge on any atom is -0.255 e. The lowest BCUT2D eigenvalue weighted by molar-refractivity contribution is 0.647. The number of unbranched alkanes of at least 4 members (excludes halogenated alkanes) is 2. The maximum Gasteiger partial charge on any atom is 0.0668 e. The molecule has 0 aliphatic carbocycles. The Labute approximate surface area is 103 Å². The van der Waals surface area contributed by atoms with Crippen LogP contribution in [0.25, 0.3) is 0 Å². The summed E-state index contributed by atoms with van der Waals surface area (Å²) in [5, 5.41) is 0. The number of rotatable bonds is 4. The molecule has 1 heterocycles. The highest BCUT2D eigenvalue weighted by atomic mass is 32.1. The third kappa shape index (κ3) is 2.38. The number of hydrogen-bond donors (Lipinski definition) is 0. The average Bonchev–Trinajstić information content (AvgIpc) is 2.32. The summed E-state index contributed by atoms with van der Waals surface area (Å²) in [5.74, 6) is 0.412. The highest BCUT2D eigenvalue weighted by Gasteiger charge is 2.21. The van der Waals surface area contributed by atoms with E-state index in [-0.39, 0.29) is 0 Å². The Kier molecular flexibility index (Phi) is 3.83. The van der Waals surface area contributed by atoms with Gasteiger partial charge >= 0.3 is 0 Å². The van der Waals surface area contributed by atoms with Gasteiger partial charge in [0.1, 0.15) is 0 Å². The van der Waals surface area contributed by atoms with Gasteiger partial charge in [0.25, 0.3) is 0 Å². The molecule has 1 aromatic carbocycles. The summed E-state index contributed by atoms with van der Waals surface area (Å²) >= 11 is 5.40. The Morgan fingerprint density at radius 3 is 2.88 bits per heavy atom. The third-order valence-corrected chi connectivity index (χ3v) is 3.47. The van der Waals surface area contributed by atoms with Crippen LogP contribution in [0.15, 0.2) is 29.3 Å². The van der Waals surface area contributed by atoms with E-state index in [1.54, 1.807) is 0 Å². The zero-order valence-corrected chi connectivity index (χ0v) is 10.5. The highest BCUT2D eigenvalue weighted by Crippen LogP contribution is 2.34. The molecule has 0 saturated heterocycles. The van der Waals surface area contributed by atoms with E-state index in [0.717, 1.165) is 17.0 Å². The fraction of sp³-hybridized carbons (Fsp3) is 0.429. The van der Waals surface area contributed by atoms with Crippen molar-refractivity contribution in [2.45, 2.75) is 38.5 Å². The number of hydrogen-bond acceptors (Lipinski definition) is 2. The van der Waals surface area contributed by atoms with Gasteiger partial charge in [0.05, 0.1) is 5.69 Å². The van der Waals surface area contributed by atoms with Crippen LogP contribution in [0.4, 0.5) is 5.69 Å². The summed E-state index contributed by atoms with van der Waals surface area (Å²) < 4.78 is 0. The van der Waals surface area contributed by atoms with E-state index in [1.807, 2.05) is 12.3 Å². The van der Waals surface area contributed by atoms with Crippen LogP contribution in [0.5, 0.6) is 0 Å². The molecule has 0 N–H and O–H groups in total. The van der Waals surface area contributed by atoms with E-state index in [1.165, 1.54) is 24.8 Å². The molecule has 1 atom stereocenters. The van der Waals surface area contributed by atoms with Crippen molar-refractivity contribution >= 4 is 29.0 Å². The van der Waals surface area contributed by atoms with Crippen LogP contribution >= 0.6 is 12.2 Å². The maximum atomic E-state index is 5.40. The van der Waals surface area contributed by atoms with Crippen molar-refractivity contribution in [3.05, 3.63) is 29.8 Å². The van der Waals surface area contributed by atoms with Gasteiger partial charge in [-0.25, -0.2) is 0 Å². The summed E-state index contributed by atoms with van der Waals surface area (Å²) in [5.41, 5.74) is 2.41. The SMILES string of the molecule is CCCCCC1C(=S)C=Nc2ccccc21. The lowest BCUT2D eigenvalue weighted by Crippen LogP contribution is -2.15. The van der Waals surface area contributed by atoms with Crippen LogP contribution in [0.2, 0.25) is 0 Å². The topological polar surface area (TPSA) is 12.4 Å². The third-order valence-electron chi connectivity index (χ3n) is 3.08. The second-order valence-electron chi connectivity index (χ2n) is 4.27. The van der Waals surface area contributed by atoms with Gasteiger partial charge in [0.15, 0.2) is 0 Å². The second kappa shape index (κ2) is 5.35. The van der Waals surface area contributed by atoms with Gasteiger partial charge in [-0.05, 0) is 18.1 Å². The number of nitrogens with zero attached hydrogens (tertiary/aromatic N) is 1. The predicted molar refractivity (Wildman–Crippen MR) is 74.1 cm³/mol. The minimum absolute atomic E-state index is 0.412. The van der Waals surface area contributed by atoms with E-state index in [9.17, 15) is 0 Å². The summed E-state index contributed by atoms with van der Waals surface area (Å²) in [4.78, 5) is 5.38. The molecule has 0 amide bonds. The number of thiocarbonyl (C=S) groups is 1. The molecule has 0 aromatic heterocycles. The molecule has 2 heteroatoms. The maximum absolute atomic E-state index is 5.40. The molecular weight excluding hydrogens is 214 g/mol. The van der Waals surface area contributed by atoms with Crippen LogP contribution in [0, 0.1) is 0 Å². The molecule has 0 saturated carbocycles. The Balaban J connectivity index is 2.17. The van der Waals surface area contributed by atoms with E-state index in [2.05, 4.69) is 30.1 Å². The van der Waals surface area contributed by atoms with Gasteiger partial charge < -0.3 is 0 Å². The quantitative estimate of drug-likeness (QED) is 0.551. The average molecular weight is 231 g/mol. The van der Waals surface area contributed by atoms with Gasteiger partial charge in [-0.3, -0.25) is 4.99 Å². The molecule has 1 aromatic rings. The van der Waals surface area contributed by atoms with Crippen molar-refractivity contribution in [3.8, 4) is 0 Å². The number of fused-ring (bicyclic) bond motifs is 1. The molecule has 1 nitrogen and oxygen atoms in total. The second-order valence-corrected chi connectivity index (χ2v) is 4.74. The molecule has 0 radical (unpaired) electrons. The first-order valence-corrected chi connectivity index (χ1v) is 6.40. The van der Waals surface area contributed by atoms with Crippen molar-refractivity contribution in [2.24, 2.45) is 4.99 Å². The first-order chi connectivity index (χ1) is 7.83. The van der Waals surface area contributed by atoms with Gasteiger partial charge in [-0.1, -0.05) is 56.6 Å². The molecule has 0 bridgehead atoms. The van der Waals surface area contributed by atoms with Gasteiger partial charge in [-0.15, -0.1) is 0 Å². The Morgan fingerprint density at radius 1 is 1.25 bits per heavy atom. The minimum atomic E-state index is 0.412. The molecule has 2 rings (SSSR count). The largest absolute Gasteiger partial charge is 0.255 e. The number of para-hydroxylation sites is 1. The Bertz CT molecular complexity index is 409. The summed E-state index contributed by atoms with van der Waals surface area (Å²) in [6.45, 7) is 2.23. The van der Waals surface area contributed by atoms with Crippen molar-refractivity contribution in [2.75, 3.05) is 0 Å². The van der Waals surface area contributed by atoms with E-state index in [4.69, 9.17) is 12.2 Å². The van der Waals surface area contributed by atoms with E-state index in [0.29, 0.717) is 5.92 Å². The molecular formula is C14H17NS. The summed E-state index contributed by atoms with van der Waals surface area (Å²) in [6, 6.07) is 8.35. The summed E-state index contributed by atoms with van der Waals surface area (Å²) in [6.07, 6.45) is 6.82. The first-order valence-electron chi connectivity index (χ1n) is 5.99. The lowest BCUT2D eigenvalue weighted by atomic mass is 9.88. The zero-order chi connectivity index (χ0) is 11.4. The molecule has 1 aliphatic heterocycles. The molecule has 0 spiro atoms. The van der Waals surface area contributed by atoms with E-state index >= 15 is 0 Å². The van der Waals surface area contributed by atoms with Crippen molar-refractivity contribution in [1.82, 2.24) is 0 Å². The molecule has 16 heavy (non-hydrogen) atoms. The fourth-order valence-corrected chi connectivity index (χ4v) is 2.47. The molecule has 1 aliphatic rings. The van der Waals surface area contributed by atoms with Crippen molar-refractivity contribution < 1.29 is 0 Å². The van der Waals surface area contributed by atoms with Crippen LogP contribution in [0.1, 0.15) is 44.1 Å². The molecule has 84 valence electrons. The van der Waals surface area contributed by atoms with Crippen LogP contribution < -0.4 is 0 Å². The predicted octanol–water partition coefficient (Wildman–Crippen LogP) is 4.44. The zero-order valence-electron chi connectivity index (χ0n) is 9.65. The lowest BCUT2D eigenvalue weighted by Gasteiger charge is -2.21. The van der Waals surface area contributed by atoms with Gasteiger partial charge in [-0.2, -0.15) is 0 Å².